The lowest BCUT2D eigenvalue weighted by Gasteiger charge is -2.41. The molecule has 3 aliphatic rings. The molecule has 0 radical (unpaired) electrons. The first-order valence-electron chi connectivity index (χ1n) is 10.7. The Kier molecular flexibility index (Phi) is 6.96. The van der Waals surface area contributed by atoms with Crippen molar-refractivity contribution in [3.05, 3.63) is 34.9 Å². The van der Waals surface area contributed by atoms with Gasteiger partial charge in [0.15, 0.2) is 5.96 Å². The molecule has 0 amide bonds. The predicted molar refractivity (Wildman–Crippen MR) is 115 cm³/mol. The first kappa shape index (κ1) is 20.9. The van der Waals surface area contributed by atoms with E-state index in [2.05, 4.69) is 27.3 Å². The van der Waals surface area contributed by atoms with Crippen LogP contribution in [0.4, 0.5) is 0 Å². The van der Waals surface area contributed by atoms with Crippen LogP contribution in [0.3, 0.4) is 0 Å². The summed E-state index contributed by atoms with van der Waals surface area (Å²) in [6, 6.07) is 8.20. The first-order valence-corrected chi connectivity index (χ1v) is 11.1. The molecule has 7 heteroatoms. The third-order valence-electron chi connectivity index (χ3n) is 6.46. The van der Waals surface area contributed by atoms with Crippen LogP contribution in [-0.2, 0) is 19.6 Å². The normalized spacial score (nSPS) is 27.8. The summed E-state index contributed by atoms with van der Waals surface area (Å²) in [7, 11) is 1.85. The molecule has 0 saturated carbocycles. The summed E-state index contributed by atoms with van der Waals surface area (Å²) in [6.45, 7) is 5.50. The first-order chi connectivity index (χ1) is 14.2. The minimum Gasteiger partial charge on any atom is -0.381 e. The standard InChI is InChI=1S/C22H32ClN3O3/c1-24-21(26-10-14-29-20(15-26)19-7-4-11-28-19)25-16-22(8-12-27-13-9-22)17-5-2-3-6-18(17)23/h2-3,5-6,19-20H,4,7-16H2,1H3,(H,24,25). The third-order valence-corrected chi connectivity index (χ3v) is 6.79. The number of hydrogen-bond donors (Lipinski definition) is 1. The van der Waals surface area contributed by atoms with Crippen LogP contribution in [0, 0.1) is 0 Å². The van der Waals surface area contributed by atoms with Gasteiger partial charge in [-0.05, 0) is 37.3 Å². The third kappa shape index (κ3) is 4.71. The van der Waals surface area contributed by atoms with Gasteiger partial charge in [-0.1, -0.05) is 29.8 Å². The van der Waals surface area contributed by atoms with Gasteiger partial charge in [-0.25, -0.2) is 0 Å². The fourth-order valence-electron chi connectivity index (χ4n) is 4.76. The zero-order chi connectivity index (χ0) is 20.1. The molecule has 3 heterocycles. The molecule has 6 nitrogen and oxygen atoms in total. The molecule has 4 rings (SSSR count). The SMILES string of the molecule is CN=C(NCC1(c2ccccc2Cl)CCOCC1)N1CCOC(C2CCCO2)C1. The van der Waals surface area contributed by atoms with Crippen molar-refractivity contribution in [1.82, 2.24) is 10.2 Å². The van der Waals surface area contributed by atoms with E-state index >= 15 is 0 Å². The van der Waals surface area contributed by atoms with E-state index in [0.717, 1.165) is 76.1 Å². The van der Waals surface area contributed by atoms with Crippen LogP contribution in [0.25, 0.3) is 0 Å². The van der Waals surface area contributed by atoms with Crippen LogP contribution in [0.5, 0.6) is 0 Å². The van der Waals surface area contributed by atoms with Crippen molar-refractivity contribution in [1.29, 1.82) is 0 Å². The van der Waals surface area contributed by atoms with Crippen molar-refractivity contribution in [3.8, 4) is 0 Å². The van der Waals surface area contributed by atoms with Gasteiger partial charge in [-0.3, -0.25) is 4.99 Å². The maximum absolute atomic E-state index is 6.60. The van der Waals surface area contributed by atoms with E-state index in [9.17, 15) is 0 Å². The lowest BCUT2D eigenvalue weighted by molar-refractivity contribution is -0.0817. The van der Waals surface area contributed by atoms with Crippen molar-refractivity contribution in [2.45, 2.75) is 43.3 Å². The minimum absolute atomic E-state index is 0.0488. The van der Waals surface area contributed by atoms with Crippen LogP contribution in [0.1, 0.15) is 31.2 Å². The van der Waals surface area contributed by atoms with Gasteiger partial charge < -0.3 is 24.4 Å². The maximum Gasteiger partial charge on any atom is 0.193 e. The summed E-state index contributed by atoms with van der Waals surface area (Å²) in [4.78, 5) is 6.88. The summed E-state index contributed by atoms with van der Waals surface area (Å²) in [5.41, 5.74) is 1.15. The number of benzene rings is 1. The van der Waals surface area contributed by atoms with Crippen molar-refractivity contribution in [3.63, 3.8) is 0 Å². The molecule has 3 aliphatic heterocycles. The number of nitrogens with one attached hydrogen (secondary N) is 1. The van der Waals surface area contributed by atoms with E-state index in [-0.39, 0.29) is 17.6 Å². The molecule has 3 fully saturated rings. The second-order valence-corrected chi connectivity index (χ2v) is 8.59. The molecule has 2 atom stereocenters. The Bertz CT molecular complexity index is 702. The van der Waals surface area contributed by atoms with Gasteiger partial charge in [0.25, 0.3) is 0 Å². The molecular formula is C22H32ClN3O3. The molecule has 1 aromatic carbocycles. The van der Waals surface area contributed by atoms with Gasteiger partial charge in [0.1, 0.15) is 6.10 Å². The van der Waals surface area contributed by atoms with Crippen LogP contribution in [0.2, 0.25) is 5.02 Å². The summed E-state index contributed by atoms with van der Waals surface area (Å²) in [5, 5.41) is 4.48. The Labute approximate surface area is 178 Å². The average Bonchev–Trinajstić information content (AvgIpc) is 3.30. The van der Waals surface area contributed by atoms with Gasteiger partial charge in [0.05, 0.1) is 12.7 Å². The van der Waals surface area contributed by atoms with Crippen LogP contribution < -0.4 is 5.32 Å². The van der Waals surface area contributed by atoms with Gasteiger partial charge >= 0.3 is 0 Å². The number of rotatable bonds is 4. The molecular weight excluding hydrogens is 390 g/mol. The van der Waals surface area contributed by atoms with E-state index in [1.165, 1.54) is 5.56 Å². The monoisotopic (exact) mass is 421 g/mol. The number of hydrogen-bond acceptors (Lipinski definition) is 4. The van der Waals surface area contributed by atoms with Crippen molar-refractivity contribution in [2.24, 2.45) is 4.99 Å². The number of guanidine groups is 1. The molecule has 0 aliphatic carbocycles. The minimum atomic E-state index is -0.0488. The summed E-state index contributed by atoms with van der Waals surface area (Å²) in [5.74, 6) is 0.925. The van der Waals surface area contributed by atoms with Gasteiger partial charge in [-0.2, -0.15) is 0 Å². The van der Waals surface area contributed by atoms with E-state index in [4.69, 9.17) is 25.8 Å². The van der Waals surface area contributed by atoms with Gasteiger partial charge in [-0.15, -0.1) is 0 Å². The number of aliphatic imine (C=N–C) groups is 1. The molecule has 0 spiro atoms. The van der Waals surface area contributed by atoms with Crippen LogP contribution in [-0.4, -0.2) is 76.2 Å². The fourth-order valence-corrected chi connectivity index (χ4v) is 5.10. The van der Waals surface area contributed by atoms with Crippen LogP contribution >= 0.6 is 11.6 Å². The highest BCUT2D eigenvalue weighted by Gasteiger charge is 2.37. The second-order valence-electron chi connectivity index (χ2n) is 8.18. The quantitative estimate of drug-likeness (QED) is 0.598. The molecule has 1 aromatic rings. The van der Waals surface area contributed by atoms with E-state index in [1.807, 2.05) is 19.2 Å². The highest BCUT2D eigenvalue weighted by atomic mass is 35.5. The molecule has 0 bridgehead atoms. The Morgan fingerprint density at radius 2 is 1.97 bits per heavy atom. The Hall–Kier alpha value is -1.34. The van der Waals surface area contributed by atoms with E-state index in [1.54, 1.807) is 0 Å². The van der Waals surface area contributed by atoms with Gasteiger partial charge in [0.2, 0.25) is 0 Å². The maximum atomic E-state index is 6.60. The Balaban J connectivity index is 1.45. The fraction of sp³-hybridized carbons (Fsp3) is 0.682. The summed E-state index contributed by atoms with van der Waals surface area (Å²) < 4.78 is 17.5. The number of ether oxygens (including phenoxy) is 3. The Morgan fingerprint density at radius 3 is 2.69 bits per heavy atom. The molecule has 160 valence electrons. The average molecular weight is 422 g/mol. The van der Waals surface area contributed by atoms with Gasteiger partial charge in [0, 0.05) is 56.9 Å². The smallest absolute Gasteiger partial charge is 0.193 e. The highest BCUT2D eigenvalue weighted by molar-refractivity contribution is 6.31. The number of morpholine rings is 1. The highest BCUT2D eigenvalue weighted by Crippen LogP contribution is 2.38. The topological polar surface area (TPSA) is 55.3 Å². The van der Waals surface area contributed by atoms with Crippen LogP contribution in [0.15, 0.2) is 29.3 Å². The van der Waals surface area contributed by atoms with E-state index in [0.29, 0.717) is 6.61 Å². The van der Waals surface area contributed by atoms with Crippen molar-refractivity contribution < 1.29 is 14.2 Å². The lowest BCUT2D eigenvalue weighted by atomic mass is 9.74. The molecule has 3 saturated heterocycles. The number of halogens is 1. The molecule has 1 N–H and O–H groups in total. The van der Waals surface area contributed by atoms with Crippen molar-refractivity contribution >= 4 is 17.6 Å². The predicted octanol–water partition coefficient (Wildman–Crippen LogP) is 2.84. The second kappa shape index (κ2) is 9.65. The van der Waals surface area contributed by atoms with Crippen molar-refractivity contribution in [2.75, 3.05) is 53.1 Å². The summed E-state index contributed by atoms with van der Waals surface area (Å²) >= 11 is 6.60. The zero-order valence-electron chi connectivity index (χ0n) is 17.2. The largest absolute Gasteiger partial charge is 0.381 e. The zero-order valence-corrected chi connectivity index (χ0v) is 18.0. The number of nitrogens with zero attached hydrogens (tertiary/aromatic N) is 2. The van der Waals surface area contributed by atoms with E-state index < -0.39 is 0 Å². The Morgan fingerprint density at radius 1 is 1.17 bits per heavy atom. The molecule has 29 heavy (non-hydrogen) atoms. The lowest BCUT2D eigenvalue weighted by Crippen LogP contribution is -2.55. The molecule has 2 unspecified atom stereocenters. The summed E-state index contributed by atoms with van der Waals surface area (Å²) in [6.07, 6.45) is 4.43. The molecule has 0 aromatic heterocycles.